The minimum Gasteiger partial charge on any atom is -0.384 e. The van der Waals surface area contributed by atoms with Crippen molar-refractivity contribution in [2.24, 2.45) is 5.41 Å². The summed E-state index contributed by atoms with van der Waals surface area (Å²) in [4.78, 5) is 2.50. The summed E-state index contributed by atoms with van der Waals surface area (Å²) in [7, 11) is 4.03. The fraction of sp³-hybridized carbons (Fsp3) is 1.00. The van der Waals surface area contributed by atoms with Gasteiger partial charge in [-0.05, 0) is 33.0 Å². The molecule has 98 valence electrons. The van der Waals surface area contributed by atoms with Crippen molar-refractivity contribution in [1.82, 2.24) is 10.2 Å². The predicted octanol–water partition coefficient (Wildman–Crippen LogP) is 1.76. The largest absolute Gasteiger partial charge is 0.384 e. The first kappa shape index (κ1) is 16.2. The molecule has 1 N–H and O–H groups in total. The Hall–Kier alpha value is 0.170. The molecule has 0 radical (unpaired) electrons. The molecule has 0 atom stereocenters. The van der Waals surface area contributed by atoms with Gasteiger partial charge in [-0.1, -0.05) is 13.8 Å². The summed E-state index contributed by atoms with van der Waals surface area (Å²) >= 11 is 0. The quantitative estimate of drug-likeness (QED) is 0.805. The molecule has 0 aromatic heterocycles. The molecule has 1 heterocycles. The lowest BCUT2D eigenvalue weighted by Gasteiger charge is -2.37. The molecule has 1 aliphatic rings. The SMILES string of the molecule is COCC(C)(C)CN(C)C1CCNCC1.Cl. The van der Waals surface area contributed by atoms with Crippen molar-refractivity contribution < 1.29 is 4.74 Å². The van der Waals surface area contributed by atoms with Gasteiger partial charge in [0, 0.05) is 25.1 Å². The second-order valence-electron chi connectivity index (χ2n) is 5.49. The average Bonchev–Trinajstić information content (AvgIpc) is 2.18. The van der Waals surface area contributed by atoms with E-state index in [0.29, 0.717) is 0 Å². The maximum Gasteiger partial charge on any atom is 0.0525 e. The molecule has 0 saturated carbocycles. The van der Waals surface area contributed by atoms with Gasteiger partial charge in [0.2, 0.25) is 0 Å². The van der Waals surface area contributed by atoms with Gasteiger partial charge in [0.1, 0.15) is 0 Å². The van der Waals surface area contributed by atoms with Crippen molar-refractivity contribution in [2.75, 3.05) is 40.4 Å². The Morgan fingerprint density at radius 3 is 2.38 bits per heavy atom. The van der Waals surface area contributed by atoms with Crippen LogP contribution in [-0.4, -0.2) is 51.3 Å². The second-order valence-corrected chi connectivity index (χ2v) is 5.49. The Morgan fingerprint density at radius 1 is 1.31 bits per heavy atom. The zero-order valence-electron chi connectivity index (χ0n) is 11.1. The summed E-state index contributed by atoms with van der Waals surface area (Å²) in [6.45, 7) is 8.83. The van der Waals surface area contributed by atoms with Crippen molar-refractivity contribution in [3.05, 3.63) is 0 Å². The van der Waals surface area contributed by atoms with Crippen LogP contribution in [0.25, 0.3) is 0 Å². The van der Waals surface area contributed by atoms with Crippen LogP contribution in [0.15, 0.2) is 0 Å². The van der Waals surface area contributed by atoms with Gasteiger partial charge in [0.25, 0.3) is 0 Å². The van der Waals surface area contributed by atoms with E-state index in [2.05, 4.69) is 31.1 Å². The number of rotatable bonds is 5. The van der Waals surface area contributed by atoms with Crippen LogP contribution in [0, 0.1) is 5.41 Å². The molecular weight excluding hydrogens is 224 g/mol. The molecule has 0 bridgehead atoms. The van der Waals surface area contributed by atoms with E-state index in [1.54, 1.807) is 7.11 Å². The molecule has 0 spiro atoms. The molecule has 0 amide bonds. The third kappa shape index (κ3) is 5.48. The lowest BCUT2D eigenvalue weighted by Crippen LogP contribution is -2.45. The van der Waals surface area contributed by atoms with E-state index >= 15 is 0 Å². The van der Waals surface area contributed by atoms with Crippen molar-refractivity contribution in [2.45, 2.75) is 32.7 Å². The summed E-state index contributed by atoms with van der Waals surface area (Å²) in [5, 5.41) is 3.41. The first-order valence-corrected chi connectivity index (χ1v) is 5.95. The Kier molecular flexibility index (Phi) is 7.57. The number of methoxy groups -OCH3 is 1. The van der Waals surface area contributed by atoms with Gasteiger partial charge < -0.3 is 15.0 Å². The molecule has 1 rings (SSSR count). The molecule has 0 aromatic rings. The van der Waals surface area contributed by atoms with E-state index in [-0.39, 0.29) is 17.8 Å². The molecule has 1 aliphatic heterocycles. The topological polar surface area (TPSA) is 24.5 Å². The van der Waals surface area contributed by atoms with Gasteiger partial charge in [0.15, 0.2) is 0 Å². The number of piperidine rings is 1. The summed E-state index contributed by atoms with van der Waals surface area (Å²) in [6, 6.07) is 0.752. The van der Waals surface area contributed by atoms with Crippen LogP contribution >= 0.6 is 12.4 Å². The molecule has 3 nitrogen and oxygen atoms in total. The zero-order chi connectivity index (χ0) is 11.3. The minimum absolute atomic E-state index is 0. The monoisotopic (exact) mass is 250 g/mol. The fourth-order valence-corrected chi connectivity index (χ4v) is 2.49. The highest BCUT2D eigenvalue weighted by Crippen LogP contribution is 2.20. The van der Waals surface area contributed by atoms with E-state index in [1.807, 2.05) is 0 Å². The summed E-state index contributed by atoms with van der Waals surface area (Å²) in [5.74, 6) is 0. The van der Waals surface area contributed by atoms with E-state index < -0.39 is 0 Å². The highest BCUT2D eigenvalue weighted by Gasteiger charge is 2.25. The molecule has 16 heavy (non-hydrogen) atoms. The predicted molar refractivity (Wildman–Crippen MR) is 71.4 cm³/mol. The van der Waals surface area contributed by atoms with Crippen LogP contribution in [0.3, 0.4) is 0 Å². The number of nitrogens with one attached hydrogen (secondary N) is 1. The van der Waals surface area contributed by atoms with Gasteiger partial charge >= 0.3 is 0 Å². The van der Waals surface area contributed by atoms with Gasteiger partial charge in [-0.3, -0.25) is 0 Å². The second kappa shape index (κ2) is 7.49. The van der Waals surface area contributed by atoms with E-state index in [9.17, 15) is 0 Å². The number of nitrogens with zero attached hydrogens (tertiary/aromatic N) is 1. The van der Waals surface area contributed by atoms with Crippen molar-refractivity contribution in [3.63, 3.8) is 0 Å². The Labute approximate surface area is 106 Å². The Morgan fingerprint density at radius 2 is 1.88 bits per heavy atom. The lowest BCUT2D eigenvalue weighted by atomic mass is 9.92. The highest BCUT2D eigenvalue weighted by molar-refractivity contribution is 5.85. The summed E-state index contributed by atoms with van der Waals surface area (Å²) in [5.41, 5.74) is 0.258. The van der Waals surface area contributed by atoms with Crippen LogP contribution in [-0.2, 0) is 4.74 Å². The zero-order valence-corrected chi connectivity index (χ0v) is 11.9. The first-order valence-electron chi connectivity index (χ1n) is 5.95. The van der Waals surface area contributed by atoms with Crippen molar-refractivity contribution >= 4 is 12.4 Å². The first-order chi connectivity index (χ1) is 7.05. The molecule has 4 heteroatoms. The standard InChI is InChI=1S/C12H26N2O.ClH/c1-12(2,10-15-4)9-14(3)11-5-7-13-8-6-11;/h11,13H,5-10H2,1-4H3;1H. The van der Waals surface area contributed by atoms with Crippen LogP contribution in [0.1, 0.15) is 26.7 Å². The fourth-order valence-electron chi connectivity index (χ4n) is 2.49. The molecule has 0 aromatic carbocycles. The summed E-state index contributed by atoms with van der Waals surface area (Å²) in [6.07, 6.45) is 2.55. The number of ether oxygens (including phenoxy) is 1. The highest BCUT2D eigenvalue weighted by atomic mass is 35.5. The van der Waals surface area contributed by atoms with Gasteiger partial charge in [-0.15, -0.1) is 12.4 Å². The molecule has 0 aliphatic carbocycles. The van der Waals surface area contributed by atoms with Crippen molar-refractivity contribution in [1.29, 1.82) is 0 Å². The average molecular weight is 251 g/mol. The van der Waals surface area contributed by atoms with E-state index in [0.717, 1.165) is 19.2 Å². The van der Waals surface area contributed by atoms with Crippen molar-refractivity contribution in [3.8, 4) is 0 Å². The molecule has 1 fully saturated rings. The smallest absolute Gasteiger partial charge is 0.0525 e. The Bertz CT molecular complexity index is 182. The van der Waals surface area contributed by atoms with Gasteiger partial charge in [-0.25, -0.2) is 0 Å². The maximum absolute atomic E-state index is 5.26. The van der Waals surface area contributed by atoms with E-state index in [4.69, 9.17) is 4.74 Å². The number of hydrogen-bond acceptors (Lipinski definition) is 3. The van der Waals surface area contributed by atoms with Gasteiger partial charge in [-0.2, -0.15) is 0 Å². The Balaban J connectivity index is 0.00000225. The normalized spacial score (nSPS) is 18.6. The molecular formula is C12H27ClN2O. The van der Waals surface area contributed by atoms with Crippen LogP contribution < -0.4 is 5.32 Å². The number of halogens is 1. The number of hydrogen-bond donors (Lipinski definition) is 1. The minimum atomic E-state index is 0. The molecule has 1 saturated heterocycles. The van der Waals surface area contributed by atoms with E-state index in [1.165, 1.54) is 25.9 Å². The maximum atomic E-state index is 5.26. The summed E-state index contributed by atoms with van der Waals surface area (Å²) < 4.78 is 5.26. The van der Waals surface area contributed by atoms with Gasteiger partial charge in [0.05, 0.1) is 6.61 Å². The van der Waals surface area contributed by atoms with Crippen LogP contribution in [0.4, 0.5) is 0 Å². The van der Waals surface area contributed by atoms with Crippen LogP contribution in [0.5, 0.6) is 0 Å². The lowest BCUT2D eigenvalue weighted by molar-refractivity contribution is 0.0591. The third-order valence-electron chi connectivity index (χ3n) is 3.14. The third-order valence-corrected chi connectivity index (χ3v) is 3.14. The molecule has 0 unspecified atom stereocenters. The van der Waals surface area contributed by atoms with Crippen LogP contribution in [0.2, 0.25) is 0 Å².